The predicted molar refractivity (Wildman–Crippen MR) is 84.7 cm³/mol. The molecule has 2 aliphatic rings. The van der Waals surface area contributed by atoms with E-state index in [1.54, 1.807) is 19.2 Å². The SMILES string of the molecule is COC1(C(=O)NC2CCc3cc(F)ccc32)CCNCC1.Cl. The van der Waals surface area contributed by atoms with Gasteiger partial charge in [0.1, 0.15) is 11.4 Å². The van der Waals surface area contributed by atoms with Crippen LogP contribution in [0, 0.1) is 5.82 Å². The summed E-state index contributed by atoms with van der Waals surface area (Å²) in [5.41, 5.74) is 1.30. The first-order valence-corrected chi connectivity index (χ1v) is 7.50. The molecule has 1 aromatic carbocycles. The molecule has 3 rings (SSSR count). The summed E-state index contributed by atoms with van der Waals surface area (Å²) in [7, 11) is 1.60. The molecule has 1 aliphatic carbocycles. The standard InChI is InChI=1S/C16H21FN2O2.ClH/c1-21-16(6-8-18-9-7-16)15(20)19-14-5-2-11-10-12(17)3-4-13(11)14;/h3-4,10,14,18H,2,5-9H2,1H3,(H,19,20);1H. The summed E-state index contributed by atoms with van der Waals surface area (Å²) >= 11 is 0. The Balaban J connectivity index is 0.00000176. The lowest BCUT2D eigenvalue weighted by Gasteiger charge is -2.35. The van der Waals surface area contributed by atoms with Gasteiger partial charge in [-0.05, 0) is 62.0 Å². The molecule has 1 fully saturated rings. The molecular weight excluding hydrogens is 307 g/mol. The Labute approximate surface area is 136 Å². The maximum atomic E-state index is 13.2. The zero-order valence-electron chi connectivity index (χ0n) is 12.7. The highest BCUT2D eigenvalue weighted by atomic mass is 35.5. The number of hydrogen-bond donors (Lipinski definition) is 2. The molecule has 0 radical (unpaired) electrons. The number of methoxy groups -OCH3 is 1. The minimum Gasteiger partial charge on any atom is -0.368 e. The topological polar surface area (TPSA) is 50.4 Å². The van der Waals surface area contributed by atoms with Crippen LogP contribution in [0.5, 0.6) is 0 Å². The summed E-state index contributed by atoms with van der Waals surface area (Å²) in [6.45, 7) is 1.57. The van der Waals surface area contributed by atoms with Crippen LogP contribution >= 0.6 is 12.4 Å². The van der Waals surface area contributed by atoms with Gasteiger partial charge in [-0.3, -0.25) is 4.79 Å². The number of nitrogens with one attached hydrogen (secondary N) is 2. The molecule has 2 N–H and O–H groups in total. The molecule has 4 nitrogen and oxygen atoms in total. The Morgan fingerprint density at radius 2 is 2.14 bits per heavy atom. The molecule has 22 heavy (non-hydrogen) atoms. The van der Waals surface area contributed by atoms with Gasteiger partial charge in [0.25, 0.3) is 5.91 Å². The summed E-state index contributed by atoms with van der Waals surface area (Å²) < 4.78 is 18.8. The van der Waals surface area contributed by atoms with Crippen LogP contribution < -0.4 is 10.6 Å². The van der Waals surface area contributed by atoms with Gasteiger partial charge < -0.3 is 15.4 Å². The van der Waals surface area contributed by atoms with Crippen LogP contribution in [0.2, 0.25) is 0 Å². The second-order valence-corrected chi connectivity index (χ2v) is 5.86. The number of benzene rings is 1. The fourth-order valence-electron chi connectivity index (χ4n) is 3.38. The molecule has 1 atom stereocenters. The Kier molecular flexibility index (Phi) is 5.42. The number of fused-ring (bicyclic) bond motifs is 1. The number of carbonyl (C=O) groups excluding carboxylic acids is 1. The highest BCUT2D eigenvalue weighted by Gasteiger charge is 2.41. The van der Waals surface area contributed by atoms with Gasteiger partial charge >= 0.3 is 0 Å². The third-order valence-corrected chi connectivity index (χ3v) is 4.70. The van der Waals surface area contributed by atoms with E-state index >= 15 is 0 Å². The van der Waals surface area contributed by atoms with Crippen LogP contribution in [0.3, 0.4) is 0 Å². The first kappa shape index (κ1) is 17.2. The summed E-state index contributed by atoms with van der Waals surface area (Å²) in [5.74, 6) is -0.263. The quantitative estimate of drug-likeness (QED) is 0.893. The second kappa shape index (κ2) is 6.94. The minimum atomic E-state index is -0.728. The fourth-order valence-corrected chi connectivity index (χ4v) is 3.38. The van der Waals surface area contributed by atoms with Gasteiger partial charge in [0.15, 0.2) is 0 Å². The van der Waals surface area contributed by atoms with Gasteiger partial charge in [0.2, 0.25) is 0 Å². The van der Waals surface area contributed by atoms with Gasteiger partial charge in [0, 0.05) is 7.11 Å². The maximum absolute atomic E-state index is 13.2. The first-order chi connectivity index (χ1) is 10.1. The van der Waals surface area contributed by atoms with Crippen molar-refractivity contribution in [3.63, 3.8) is 0 Å². The monoisotopic (exact) mass is 328 g/mol. The molecule has 1 saturated heterocycles. The fraction of sp³-hybridized carbons (Fsp3) is 0.562. The second-order valence-electron chi connectivity index (χ2n) is 5.86. The average molecular weight is 329 g/mol. The normalized spacial score (nSPS) is 22.5. The van der Waals surface area contributed by atoms with E-state index in [1.807, 2.05) is 0 Å². The van der Waals surface area contributed by atoms with Crippen molar-refractivity contribution >= 4 is 18.3 Å². The number of rotatable bonds is 3. The third kappa shape index (κ3) is 3.12. The van der Waals surface area contributed by atoms with Crippen molar-refractivity contribution in [1.29, 1.82) is 0 Å². The molecule has 6 heteroatoms. The van der Waals surface area contributed by atoms with Crippen LogP contribution in [0.4, 0.5) is 4.39 Å². The number of carbonyl (C=O) groups is 1. The van der Waals surface area contributed by atoms with Gasteiger partial charge in [-0.25, -0.2) is 4.39 Å². The zero-order valence-corrected chi connectivity index (χ0v) is 13.5. The number of piperidine rings is 1. The van der Waals surface area contributed by atoms with Crippen molar-refractivity contribution in [2.75, 3.05) is 20.2 Å². The molecule has 1 heterocycles. The lowest BCUT2D eigenvalue weighted by atomic mass is 9.90. The van der Waals surface area contributed by atoms with Crippen LogP contribution in [0.1, 0.15) is 36.4 Å². The van der Waals surface area contributed by atoms with Crippen molar-refractivity contribution in [3.8, 4) is 0 Å². The maximum Gasteiger partial charge on any atom is 0.252 e. The Hall–Kier alpha value is -1.17. The number of ether oxygens (including phenoxy) is 1. The molecule has 1 amide bonds. The van der Waals surface area contributed by atoms with Crippen molar-refractivity contribution in [2.45, 2.75) is 37.3 Å². The smallest absolute Gasteiger partial charge is 0.252 e. The highest BCUT2D eigenvalue weighted by molar-refractivity contribution is 5.86. The van der Waals surface area contributed by atoms with E-state index in [0.717, 1.165) is 37.1 Å². The highest BCUT2D eigenvalue weighted by Crippen LogP contribution is 2.33. The summed E-state index contributed by atoms with van der Waals surface area (Å²) in [6.07, 6.45) is 2.98. The van der Waals surface area contributed by atoms with Crippen molar-refractivity contribution in [3.05, 3.63) is 35.1 Å². The molecule has 1 aromatic rings. The van der Waals surface area contributed by atoms with E-state index in [0.29, 0.717) is 12.8 Å². The van der Waals surface area contributed by atoms with Gasteiger partial charge in [0.05, 0.1) is 6.04 Å². The molecule has 0 bridgehead atoms. The number of hydrogen-bond acceptors (Lipinski definition) is 3. The molecule has 1 unspecified atom stereocenters. The Morgan fingerprint density at radius 1 is 1.41 bits per heavy atom. The van der Waals surface area contributed by atoms with E-state index in [2.05, 4.69) is 10.6 Å². The van der Waals surface area contributed by atoms with E-state index < -0.39 is 5.60 Å². The Bertz CT molecular complexity index is 547. The van der Waals surface area contributed by atoms with Gasteiger partial charge in [-0.1, -0.05) is 6.07 Å². The minimum absolute atomic E-state index is 0. The van der Waals surface area contributed by atoms with Gasteiger partial charge in [-0.2, -0.15) is 0 Å². The largest absolute Gasteiger partial charge is 0.368 e. The Morgan fingerprint density at radius 3 is 2.82 bits per heavy atom. The number of amides is 1. The van der Waals surface area contributed by atoms with E-state index in [1.165, 1.54) is 6.07 Å². The van der Waals surface area contributed by atoms with Crippen molar-refractivity contribution in [2.24, 2.45) is 0 Å². The average Bonchev–Trinajstić information content (AvgIpc) is 2.90. The predicted octanol–water partition coefficient (Wildman–Crippen LogP) is 2.12. The first-order valence-electron chi connectivity index (χ1n) is 7.50. The summed E-state index contributed by atoms with van der Waals surface area (Å²) in [5, 5.41) is 6.34. The summed E-state index contributed by atoms with van der Waals surface area (Å²) in [6, 6.07) is 4.78. The van der Waals surface area contributed by atoms with Crippen molar-refractivity contribution in [1.82, 2.24) is 10.6 Å². The molecule has 122 valence electrons. The van der Waals surface area contributed by atoms with E-state index in [9.17, 15) is 9.18 Å². The molecule has 0 saturated carbocycles. The molecular formula is C16H22ClFN2O2. The van der Waals surface area contributed by atoms with Crippen LogP contribution in [-0.4, -0.2) is 31.7 Å². The van der Waals surface area contributed by atoms with Crippen LogP contribution in [0.15, 0.2) is 18.2 Å². The summed E-state index contributed by atoms with van der Waals surface area (Å²) in [4.78, 5) is 12.6. The van der Waals surface area contributed by atoms with Crippen LogP contribution in [-0.2, 0) is 16.0 Å². The van der Waals surface area contributed by atoms with Crippen LogP contribution in [0.25, 0.3) is 0 Å². The third-order valence-electron chi connectivity index (χ3n) is 4.70. The lowest BCUT2D eigenvalue weighted by molar-refractivity contribution is -0.147. The molecule has 0 spiro atoms. The van der Waals surface area contributed by atoms with Gasteiger partial charge in [-0.15, -0.1) is 12.4 Å². The van der Waals surface area contributed by atoms with Crippen molar-refractivity contribution < 1.29 is 13.9 Å². The number of halogens is 2. The van der Waals surface area contributed by atoms with E-state index in [-0.39, 0.29) is 30.2 Å². The van der Waals surface area contributed by atoms with E-state index in [4.69, 9.17) is 4.74 Å². The molecule has 1 aliphatic heterocycles. The zero-order chi connectivity index (χ0) is 14.9. The number of aryl methyl sites for hydroxylation is 1. The molecule has 0 aromatic heterocycles. The lowest BCUT2D eigenvalue weighted by Crippen LogP contribution is -2.54.